The topological polar surface area (TPSA) is 96.5 Å². The van der Waals surface area contributed by atoms with Crippen LogP contribution in [0.2, 0.25) is 0 Å². The number of hydrogen-bond donors (Lipinski definition) is 0. The molecule has 0 spiro atoms. The minimum Gasteiger partial charge on any atom is -0.454 e. The fourth-order valence-corrected chi connectivity index (χ4v) is 4.36. The highest BCUT2D eigenvalue weighted by Crippen LogP contribution is 2.33. The lowest BCUT2D eigenvalue weighted by atomic mass is 10.1. The molecule has 4 amide bonds. The van der Waals surface area contributed by atoms with E-state index < -0.39 is 0 Å². The van der Waals surface area contributed by atoms with Crippen molar-refractivity contribution in [2.75, 3.05) is 39.5 Å². The van der Waals surface area contributed by atoms with Crippen molar-refractivity contribution in [2.24, 2.45) is 0 Å². The molecule has 0 radical (unpaired) electrons. The first kappa shape index (κ1) is 21.0. The number of piperazine rings is 1. The Morgan fingerprint density at radius 2 is 1.45 bits per heavy atom. The molecule has 0 saturated carbocycles. The highest BCUT2D eigenvalue weighted by atomic mass is 16.7. The fourth-order valence-electron chi connectivity index (χ4n) is 4.36. The lowest BCUT2D eigenvalue weighted by molar-refractivity contribution is -0.132. The van der Waals surface area contributed by atoms with Gasteiger partial charge in [0.15, 0.2) is 11.5 Å². The van der Waals surface area contributed by atoms with Crippen molar-refractivity contribution in [1.82, 2.24) is 14.7 Å². The van der Waals surface area contributed by atoms with Gasteiger partial charge in [-0.2, -0.15) is 0 Å². The van der Waals surface area contributed by atoms with Crippen molar-refractivity contribution in [3.63, 3.8) is 0 Å². The Labute approximate surface area is 190 Å². The van der Waals surface area contributed by atoms with Crippen molar-refractivity contribution in [1.29, 1.82) is 0 Å². The number of amides is 4. The summed E-state index contributed by atoms with van der Waals surface area (Å²) in [5, 5.41) is 0. The normalized spacial score (nSPS) is 16.9. The molecular formula is C24H23N3O6. The minimum absolute atomic E-state index is 0.0400. The number of nitrogens with zero attached hydrogens (tertiary/aromatic N) is 3. The zero-order valence-electron chi connectivity index (χ0n) is 18.0. The monoisotopic (exact) mass is 449 g/mol. The van der Waals surface area contributed by atoms with Crippen LogP contribution in [0.3, 0.4) is 0 Å². The lowest BCUT2D eigenvalue weighted by Crippen LogP contribution is -2.50. The number of rotatable bonds is 5. The second-order valence-corrected chi connectivity index (χ2v) is 8.15. The van der Waals surface area contributed by atoms with Gasteiger partial charge in [-0.1, -0.05) is 12.1 Å². The zero-order chi connectivity index (χ0) is 22.9. The van der Waals surface area contributed by atoms with Crippen LogP contribution in [0.25, 0.3) is 0 Å². The molecule has 1 saturated heterocycles. The highest BCUT2D eigenvalue weighted by molar-refractivity contribution is 6.21. The first-order chi connectivity index (χ1) is 16.0. The third-order valence-electron chi connectivity index (χ3n) is 6.19. The van der Waals surface area contributed by atoms with Gasteiger partial charge < -0.3 is 19.3 Å². The summed E-state index contributed by atoms with van der Waals surface area (Å²) in [5.41, 5.74) is 1.36. The molecule has 0 aromatic heterocycles. The van der Waals surface area contributed by atoms with E-state index in [1.54, 1.807) is 52.3 Å². The Balaban J connectivity index is 1.09. The molecule has 9 heteroatoms. The number of benzene rings is 2. The van der Waals surface area contributed by atoms with E-state index in [1.165, 1.54) is 4.90 Å². The number of fused-ring (bicyclic) bond motifs is 2. The molecule has 3 aliphatic heterocycles. The second kappa shape index (κ2) is 8.57. The first-order valence-corrected chi connectivity index (χ1v) is 10.9. The van der Waals surface area contributed by atoms with Gasteiger partial charge in [0.1, 0.15) is 0 Å². The molecule has 0 atom stereocenters. The molecule has 0 unspecified atom stereocenters. The van der Waals surface area contributed by atoms with Gasteiger partial charge in [0.25, 0.3) is 17.7 Å². The summed E-state index contributed by atoms with van der Waals surface area (Å²) in [6.45, 7) is 2.14. The van der Waals surface area contributed by atoms with Crippen LogP contribution < -0.4 is 9.47 Å². The summed E-state index contributed by atoms with van der Waals surface area (Å²) in [4.78, 5) is 54.9. The Morgan fingerprint density at radius 1 is 0.818 bits per heavy atom. The molecule has 9 nitrogen and oxygen atoms in total. The number of carbonyl (C=O) groups is 4. The number of hydrogen-bond acceptors (Lipinski definition) is 6. The largest absolute Gasteiger partial charge is 0.454 e. The Morgan fingerprint density at radius 3 is 2.15 bits per heavy atom. The number of ether oxygens (including phenoxy) is 2. The van der Waals surface area contributed by atoms with Crippen LogP contribution in [-0.4, -0.2) is 77.8 Å². The maximum absolute atomic E-state index is 12.8. The van der Waals surface area contributed by atoms with Crippen molar-refractivity contribution < 1.29 is 28.7 Å². The standard InChI is InChI=1S/C24H23N3O6/c28-21(6-3-9-27-23(30)17-4-1-2-5-18(17)24(27)31)25-10-12-26(13-11-25)22(29)16-7-8-19-20(14-16)33-15-32-19/h1-2,4-5,7-8,14H,3,6,9-13,15H2. The fraction of sp³-hybridized carbons (Fsp3) is 0.333. The Bertz CT molecular complexity index is 1100. The van der Waals surface area contributed by atoms with Crippen LogP contribution in [0, 0.1) is 0 Å². The van der Waals surface area contributed by atoms with E-state index in [2.05, 4.69) is 0 Å². The van der Waals surface area contributed by atoms with E-state index in [0.29, 0.717) is 60.8 Å². The van der Waals surface area contributed by atoms with Crippen LogP contribution >= 0.6 is 0 Å². The van der Waals surface area contributed by atoms with Gasteiger partial charge >= 0.3 is 0 Å². The molecule has 0 aliphatic carbocycles. The number of imide groups is 1. The van der Waals surface area contributed by atoms with Crippen LogP contribution in [-0.2, 0) is 4.79 Å². The predicted molar refractivity (Wildman–Crippen MR) is 116 cm³/mol. The van der Waals surface area contributed by atoms with Crippen molar-refractivity contribution in [3.05, 3.63) is 59.2 Å². The average molecular weight is 449 g/mol. The predicted octanol–water partition coefficient (Wildman–Crippen LogP) is 1.78. The van der Waals surface area contributed by atoms with Gasteiger partial charge in [-0.25, -0.2) is 0 Å². The van der Waals surface area contributed by atoms with Crippen LogP contribution in [0.5, 0.6) is 11.5 Å². The maximum Gasteiger partial charge on any atom is 0.261 e. The smallest absolute Gasteiger partial charge is 0.261 e. The second-order valence-electron chi connectivity index (χ2n) is 8.15. The molecule has 3 heterocycles. The van der Waals surface area contributed by atoms with Crippen LogP contribution in [0.1, 0.15) is 43.9 Å². The van der Waals surface area contributed by atoms with Crippen molar-refractivity contribution in [2.45, 2.75) is 12.8 Å². The van der Waals surface area contributed by atoms with Crippen molar-refractivity contribution >= 4 is 23.6 Å². The molecule has 2 aromatic rings. The van der Waals surface area contributed by atoms with E-state index in [0.717, 1.165) is 0 Å². The van der Waals surface area contributed by atoms with Crippen molar-refractivity contribution in [3.8, 4) is 11.5 Å². The molecule has 33 heavy (non-hydrogen) atoms. The third kappa shape index (κ3) is 3.90. The van der Waals surface area contributed by atoms with E-state index in [4.69, 9.17) is 9.47 Å². The van der Waals surface area contributed by atoms with E-state index in [1.807, 2.05) is 0 Å². The molecule has 0 bridgehead atoms. The van der Waals surface area contributed by atoms with Gasteiger partial charge in [-0.05, 0) is 36.8 Å². The Kier molecular flexibility index (Phi) is 5.45. The van der Waals surface area contributed by atoms with Gasteiger partial charge in [-0.3, -0.25) is 24.1 Å². The first-order valence-electron chi connectivity index (χ1n) is 10.9. The summed E-state index contributed by atoms with van der Waals surface area (Å²) >= 11 is 0. The summed E-state index contributed by atoms with van der Waals surface area (Å²) in [7, 11) is 0. The van der Waals surface area contributed by atoms with Gasteiger partial charge in [0.05, 0.1) is 11.1 Å². The lowest BCUT2D eigenvalue weighted by Gasteiger charge is -2.35. The van der Waals surface area contributed by atoms with E-state index >= 15 is 0 Å². The minimum atomic E-state index is -0.307. The molecule has 170 valence electrons. The molecule has 3 aliphatic rings. The summed E-state index contributed by atoms with van der Waals surface area (Å²) < 4.78 is 10.6. The molecular weight excluding hydrogens is 426 g/mol. The average Bonchev–Trinajstić information content (AvgIpc) is 3.42. The quantitative estimate of drug-likeness (QED) is 0.646. The zero-order valence-corrected chi connectivity index (χ0v) is 18.0. The van der Waals surface area contributed by atoms with Gasteiger partial charge in [0, 0.05) is 44.7 Å². The van der Waals surface area contributed by atoms with Gasteiger partial charge in [0.2, 0.25) is 12.7 Å². The molecule has 1 fully saturated rings. The maximum atomic E-state index is 12.8. The summed E-state index contributed by atoms with van der Waals surface area (Å²) in [6.07, 6.45) is 0.643. The summed E-state index contributed by atoms with van der Waals surface area (Å²) in [6, 6.07) is 11.9. The summed E-state index contributed by atoms with van der Waals surface area (Å²) in [5.74, 6) is 0.432. The highest BCUT2D eigenvalue weighted by Gasteiger charge is 2.35. The SMILES string of the molecule is O=C(CCCN1C(=O)c2ccccc2C1=O)N1CCN(C(=O)c2ccc3c(c2)OCO3)CC1. The third-order valence-corrected chi connectivity index (χ3v) is 6.19. The van der Waals surface area contributed by atoms with Gasteiger partial charge in [-0.15, -0.1) is 0 Å². The molecule has 0 N–H and O–H groups in total. The molecule has 2 aromatic carbocycles. The Hall–Kier alpha value is -3.88. The van der Waals surface area contributed by atoms with E-state index in [9.17, 15) is 19.2 Å². The number of carbonyl (C=O) groups excluding carboxylic acids is 4. The molecule has 5 rings (SSSR count). The van der Waals surface area contributed by atoms with Crippen LogP contribution in [0.4, 0.5) is 0 Å². The van der Waals surface area contributed by atoms with Crippen LogP contribution in [0.15, 0.2) is 42.5 Å². The van der Waals surface area contributed by atoms with E-state index in [-0.39, 0.29) is 43.4 Å².